The summed E-state index contributed by atoms with van der Waals surface area (Å²) in [4.78, 5) is 4.06. The Hall–Kier alpha value is -1.40. The summed E-state index contributed by atoms with van der Waals surface area (Å²) in [5.74, 6) is 0.623. The first-order chi connectivity index (χ1) is 7.10. The zero-order chi connectivity index (χ0) is 11.3. The molecule has 0 spiro atoms. The number of hydrogen-bond acceptors (Lipinski definition) is 4. The maximum absolute atomic E-state index is 11.6. The summed E-state index contributed by atoms with van der Waals surface area (Å²) < 4.78 is 25.5. The van der Waals surface area contributed by atoms with Gasteiger partial charge in [0.1, 0.15) is 10.7 Å². The zero-order valence-electron chi connectivity index (χ0n) is 8.40. The van der Waals surface area contributed by atoms with Crippen molar-refractivity contribution in [1.82, 2.24) is 9.71 Å². The molecule has 1 rings (SSSR count). The fourth-order valence-electron chi connectivity index (χ4n) is 0.939. The predicted molar refractivity (Wildman–Crippen MR) is 59.2 cm³/mol. The molecule has 1 aromatic heterocycles. The standard InChI is InChI=1S/C9H13N3O2S/c1-3-6-12-15(13,14)8-4-5-9(10-2)11-7-8/h3-5,7,12H,1,6H2,2H3,(H,10,11). The van der Waals surface area contributed by atoms with E-state index >= 15 is 0 Å². The van der Waals surface area contributed by atoms with E-state index in [2.05, 4.69) is 21.6 Å². The first-order valence-electron chi connectivity index (χ1n) is 4.34. The quantitative estimate of drug-likeness (QED) is 0.722. The molecular formula is C9H13N3O2S. The second kappa shape index (κ2) is 4.90. The molecule has 82 valence electrons. The topological polar surface area (TPSA) is 71.1 Å². The van der Waals surface area contributed by atoms with Gasteiger partial charge in [-0.05, 0) is 12.1 Å². The lowest BCUT2D eigenvalue weighted by Gasteiger charge is -2.04. The van der Waals surface area contributed by atoms with Crippen LogP contribution in [0.4, 0.5) is 5.82 Å². The van der Waals surface area contributed by atoms with Crippen LogP contribution in [0.1, 0.15) is 0 Å². The van der Waals surface area contributed by atoms with Gasteiger partial charge in [0.15, 0.2) is 0 Å². The SMILES string of the molecule is C=CCNS(=O)(=O)c1ccc(NC)nc1. The highest BCUT2D eigenvalue weighted by Crippen LogP contribution is 2.09. The molecule has 5 nitrogen and oxygen atoms in total. The van der Waals surface area contributed by atoms with Crippen LogP contribution in [0.3, 0.4) is 0 Å². The van der Waals surface area contributed by atoms with Crippen LogP contribution in [0.15, 0.2) is 35.9 Å². The van der Waals surface area contributed by atoms with Gasteiger partial charge in [0, 0.05) is 19.8 Å². The minimum Gasteiger partial charge on any atom is -0.373 e. The van der Waals surface area contributed by atoms with Crippen LogP contribution in [-0.4, -0.2) is 27.0 Å². The molecule has 0 amide bonds. The molecule has 6 heteroatoms. The van der Waals surface area contributed by atoms with Crippen molar-refractivity contribution in [2.24, 2.45) is 0 Å². The van der Waals surface area contributed by atoms with E-state index < -0.39 is 10.0 Å². The number of pyridine rings is 1. The Labute approximate surface area is 89.3 Å². The van der Waals surface area contributed by atoms with E-state index in [-0.39, 0.29) is 11.4 Å². The minimum absolute atomic E-state index is 0.142. The lowest BCUT2D eigenvalue weighted by molar-refractivity contribution is 0.585. The number of nitrogens with one attached hydrogen (secondary N) is 2. The van der Waals surface area contributed by atoms with Gasteiger partial charge in [-0.15, -0.1) is 6.58 Å². The van der Waals surface area contributed by atoms with Gasteiger partial charge in [0.05, 0.1) is 0 Å². The Morgan fingerprint density at radius 3 is 2.73 bits per heavy atom. The average molecular weight is 227 g/mol. The van der Waals surface area contributed by atoms with E-state index in [9.17, 15) is 8.42 Å². The molecule has 0 aliphatic carbocycles. The van der Waals surface area contributed by atoms with Gasteiger partial charge in [-0.2, -0.15) is 0 Å². The molecular weight excluding hydrogens is 214 g/mol. The van der Waals surface area contributed by atoms with Crippen LogP contribution < -0.4 is 10.0 Å². The number of aromatic nitrogens is 1. The lowest BCUT2D eigenvalue weighted by Crippen LogP contribution is -2.23. The molecule has 15 heavy (non-hydrogen) atoms. The van der Waals surface area contributed by atoms with Crippen LogP contribution in [0, 0.1) is 0 Å². The Kier molecular flexibility index (Phi) is 3.81. The number of nitrogens with zero attached hydrogens (tertiary/aromatic N) is 1. The van der Waals surface area contributed by atoms with E-state index in [1.807, 2.05) is 0 Å². The Balaban J connectivity index is 2.90. The Bertz CT molecular complexity index is 425. The van der Waals surface area contributed by atoms with Crippen LogP contribution >= 0.6 is 0 Å². The van der Waals surface area contributed by atoms with Crippen LogP contribution in [-0.2, 0) is 10.0 Å². The van der Waals surface area contributed by atoms with Crippen molar-refractivity contribution in [3.8, 4) is 0 Å². The average Bonchev–Trinajstić information content (AvgIpc) is 2.26. The molecule has 1 aromatic rings. The Morgan fingerprint density at radius 1 is 1.53 bits per heavy atom. The summed E-state index contributed by atoms with van der Waals surface area (Å²) in [5.41, 5.74) is 0. The highest BCUT2D eigenvalue weighted by atomic mass is 32.2. The van der Waals surface area contributed by atoms with Crippen molar-refractivity contribution in [2.75, 3.05) is 18.9 Å². The molecule has 0 atom stereocenters. The van der Waals surface area contributed by atoms with E-state index in [1.165, 1.54) is 18.3 Å². The second-order valence-electron chi connectivity index (χ2n) is 2.77. The fraction of sp³-hybridized carbons (Fsp3) is 0.222. The molecule has 0 fully saturated rings. The summed E-state index contributed by atoms with van der Waals surface area (Å²) in [6.45, 7) is 3.64. The van der Waals surface area contributed by atoms with Crippen molar-refractivity contribution in [3.05, 3.63) is 31.0 Å². The van der Waals surface area contributed by atoms with Gasteiger partial charge in [-0.1, -0.05) is 6.08 Å². The van der Waals surface area contributed by atoms with Gasteiger partial charge < -0.3 is 5.32 Å². The third kappa shape index (κ3) is 3.03. The predicted octanol–water partition coefficient (Wildman–Crippen LogP) is 0.588. The molecule has 0 unspecified atom stereocenters. The normalized spacial score (nSPS) is 11.0. The smallest absolute Gasteiger partial charge is 0.242 e. The fourth-order valence-corrected chi connectivity index (χ4v) is 1.88. The van der Waals surface area contributed by atoms with E-state index in [1.54, 1.807) is 13.1 Å². The molecule has 0 saturated heterocycles. The third-order valence-corrected chi connectivity index (χ3v) is 3.13. The van der Waals surface area contributed by atoms with Gasteiger partial charge in [-0.25, -0.2) is 18.1 Å². The monoisotopic (exact) mass is 227 g/mol. The van der Waals surface area contributed by atoms with Crippen LogP contribution in [0.25, 0.3) is 0 Å². The molecule has 2 N–H and O–H groups in total. The largest absolute Gasteiger partial charge is 0.373 e. The Morgan fingerprint density at radius 2 is 2.27 bits per heavy atom. The number of hydrogen-bond donors (Lipinski definition) is 2. The minimum atomic E-state index is -3.46. The van der Waals surface area contributed by atoms with Crippen LogP contribution in [0.5, 0.6) is 0 Å². The van der Waals surface area contributed by atoms with Crippen molar-refractivity contribution in [2.45, 2.75) is 4.90 Å². The molecule has 0 aromatic carbocycles. The maximum Gasteiger partial charge on any atom is 0.242 e. The highest BCUT2D eigenvalue weighted by Gasteiger charge is 2.12. The molecule has 1 heterocycles. The molecule has 0 saturated carbocycles. The molecule has 0 aliphatic rings. The summed E-state index contributed by atoms with van der Waals surface area (Å²) in [6.07, 6.45) is 2.78. The van der Waals surface area contributed by atoms with Gasteiger partial charge in [0.2, 0.25) is 10.0 Å². The number of sulfonamides is 1. The third-order valence-electron chi connectivity index (χ3n) is 1.72. The van der Waals surface area contributed by atoms with Crippen molar-refractivity contribution < 1.29 is 8.42 Å². The van der Waals surface area contributed by atoms with Crippen molar-refractivity contribution in [1.29, 1.82) is 0 Å². The first-order valence-corrected chi connectivity index (χ1v) is 5.83. The van der Waals surface area contributed by atoms with E-state index in [4.69, 9.17) is 0 Å². The second-order valence-corrected chi connectivity index (χ2v) is 4.54. The van der Waals surface area contributed by atoms with Crippen molar-refractivity contribution in [3.63, 3.8) is 0 Å². The van der Waals surface area contributed by atoms with Crippen LogP contribution in [0.2, 0.25) is 0 Å². The zero-order valence-corrected chi connectivity index (χ0v) is 9.21. The van der Waals surface area contributed by atoms with Gasteiger partial charge in [-0.3, -0.25) is 0 Å². The highest BCUT2D eigenvalue weighted by molar-refractivity contribution is 7.89. The molecule has 0 bridgehead atoms. The lowest BCUT2D eigenvalue weighted by atomic mass is 10.5. The van der Waals surface area contributed by atoms with E-state index in [0.29, 0.717) is 5.82 Å². The van der Waals surface area contributed by atoms with Gasteiger partial charge >= 0.3 is 0 Å². The molecule has 0 aliphatic heterocycles. The number of anilines is 1. The summed E-state index contributed by atoms with van der Waals surface area (Å²) in [5, 5.41) is 2.81. The number of rotatable bonds is 5. The van der Waals surface area contributed by atoms with E-state index in [0.717, 1.165) is 0 Å². The summed E-state index contributed by atoms with van der Waals surface area (Å²) >= 11 is 0. The first kappa shape index (κ1) is 11.7. The maximum atomic E-state index is 11.6. The summed E-state index contributed by atoms with van der Waals surface area (Å²) in [7, 11) is -1.74. The summed E-state index contributed by atoms with van der Waals surface area (Å²) in [6, 6.07) is 3.09. The van der Waals surface area contributed by atoms with Gasteiger partial charge in [0.25, 0.3) is 0 Å². The molecule has 0 radical (unpaired) electrons. The van der Waals surface area contributed by atoms with Crippen molar-refractivity contribution >= 4 is 15.8 Å².